The fourth-order valence-electron chi connectivity index (χ4n) is 3.78. The summed E-state index contributed by atoms with van der Waals surface area (Å²) in [4.78, 5) is 13.3. The first-order valence-electron chi connectivity index (χ1n) is 8.85. The van der Waals surface area contributed by atoms with E-state index >= 15 is 0 Å². The molecule has 2 aromatic carbocycles. The van der Waals surface area contributed by atoms with Crippen LogP contribution in [0.2, 0.25) is 0 Å². The predicted octanol–water partition coefficient (Wildman–Crippen LogP) is 5.55. The van der Waals surface area contributed by atoms with E-state index in [0.717, 1.165) is 50.3 Å². The summed E-state index contributed by atoms with van der Waals surface area (Å²) >= 11 is 1.59. The summed E-state index contributed by atoms with van der Waals surface area (Å²) in [7, 11) is 1.66. The number of thioether (sulfide) groups is 1. The van der Waals surface area contributed by atoms with Gasteiger partial charge in [0.1, 0.15) is 22.7 Å². The summed E-state index contributed by atoms with van der Waals surface area (Å²) in [5.41, 5.74) is 4.48. The average Bonchev–Trinajstić information content (AvgIpc) is 3.23. The second-order valence-corrected chi connectivity index (χ2v) is 8.12. The van der Waals surface area contributed by atoms with Gasteiger partial charge in [0.05, 0.1) is 12.0 Å². The third-order valence-corrected chi connectivity index (χ3v) is 6.77. The van der Waals surface area contributed by atoms with E-state index in [2.05, 4.69) is 25.1 Å². The van der Waals surface area contributed by atoms with E-state index in [4.69, 9.17) is 13.6 Å². The van der Waals surface area contributed by atoms with Gasteiger partial charge in [0, 0.05) is 22.1 Å². The van der Waals surface area contributed by atoms with Gasteiger partial charge in [0.25, 0.3) is 0 Å². The van der Waals surface area contributed by atoms with Crippen LogP contribution in [0, 0.1) is 13.8 Å². The number of aryl methyl sites for hydroxylation is 2. The topological polar surface area (TPSA) is 52.6 Å². The molecule has 5 rings (SSSR count). The summed E-state index contributed by atoms with van der Waals surface area (Å²) in [6.45, 7) is 4.01. The van der Waals surface area contributed by atoms with Gasteiger partial charge in [-0.15, -0.1) is 11.8 Å². The number of hydrogen-bond acceptors (Lipinski definition) is 5. The van der Waals surface area contributed by atoms with Gasteiger partial charge in [-0.05, 0) is 55.2 Å². The highest BCUT2D eigenvalue weighted by Crippen LogP contribution is 2.47. The first-order chi connectivity index (χ1) is 13.0. The largest absolute Gasteiger partial charge is 0.497 e. The van der Waals surface area contributed by atoms with Crippen molar-refractivity contribution in [2.75, 3.05) is 7.11 Å². The van der Waals surface area contributed by atoms with Crippen LogP contribution in [0.15, 0.2) is 54.9 Å². The lowest BCUT2D eigenvalue weighted by atomic mass is 10.00. The van der Waals surface area contributed by atoms with E-state index in [1.165, 1.54) is 5.56 Å². The Hall–Kier alpha value is -2.66. The maximum atomic E-state index is 12.6. The van der Waals surface area contributed by atoms with Crippen molar-refractivity contribution in [3.63, 3.8) is 0 Å². The van der Waals surface area contributed by atoms with Gasteiger partial charge >= 0.3 is 5.63 Å². The third kappa shape index (κ3) is 2.49. The van der Waals surface area contributed by atoms with Crippen molar-refractivity contribution < 1.29 is 13.6 Å². The van der Waals surface area contributed by atoms with E-state index in [-0.39, 0.29) is 10.9 Å². The van der Waals surface area contributed by atoms with Crippen molar-refractivity contribution in [2.45, 2.75) is 30.4 Å². The molecule has 0 saturated heterocycles. The Morgan fingerprint density at radius 3 is 2.52 bits per heavy atom. The summed E-state index contributed by atoms with van der Waals surface area (Å²) < 4.78 is 16.7. The monoisotopic (exact) mass is 378 g/mol. The van der Waals surface area contributed by atoms with Crippen LogP contribution in [0.5, 0.6) is 5.75 Å². The molecule has 0 spiro atoms. The Kier molecular flexibility index (Phi) is 3.62. The number of methoxy groups -OCH3 is 1. The molecule has 2 aromatic heterocycles. The fraction of sp³-hybridized carbons (Fsp3) is 0.227. The van der Waals surface area contributed by atoms with Crippen molar-refractivity contribution in [3.05, 3.63) is 69.3 Å². The SMILES string of the molecule is COc1ccc(C2Cc3c(c(=O)oc4cc5oc(C)c(C)c5cc34)S2)cc1. The van der Waals surface area contributed by atoms with Gasteiger partial charge in [-0.25, -0.2) is 4.79 Å². The fourth-order valence-corrected chi connectivity index (χ4v) is 5.08. The first-order valence-corrected chi connectivity index (χ1v) is 9.73. The summed E-state index contributed by atoms with van der Waals surface area (Å²) in [6, 6.07) is 12.0. The quantitative estimate of drug-likeness (QED) is 0.428. The lowest BCUT2D eigenvalue weighted by Gasteiger charge is -2.09. The minimum atomic E-state index is -0.266. The van der Waals surface area contributed by atoms with Crippen LogP contribution in [0.25, 0.3) is 21.9 Å². The molecule has 1 atom stereocenters. The van der Waals surface area contributed by atoms with Crippen LogP contribution < -0.4 is 10.4 Å². The Balaban J connectivity index is 1.66. The molecule has 0 radical (unpaired) electrons. The van der Waals surface area contributed by atoms with Gasteiger partial charge in [-0.1, -0.05) is 12.1 Å². The standard InChI is InChI=1S/C22H18O4S/c1-11-12(2)25-18-10-19-16(8-15(11)18)17-9-20(27-21(17)22(23)26-19)13-4-6-14(24-3)7-5-13/h4-8,10,20H,9H2,1-3H3. The van der Waals surface area contributed by atoms with Crippen LogP contribution in [0.4, 0.5) is 0 Å². The molecule has 27 heavy (non-hydrogen) atoms. The minimum Gasteiger partial charge on any atom is -0.497 e. The van der Waals surface area contributed by atoms with E-state index in [0.29, 0.717) is 5.58 Å². The van der Waals surface area contributed by atoms with Gasteiger partial charge in [-0.2, -0.15) is 0 Å². The third-order valence-electron chi connectivity index (χ3n) is 5.40. The molecule has 4 aromatic rings. The summed E-state index contributed by atoms with van der Waals surface area (Å²) in [6.07, 6.45) is 0.801. The molecule has 0 amide bonds. The Bertz CT molecular complexity index is 1250. The lowest BCUT2D eigenvalue weighted by Crippen LogP contribution is -2.02. The molecule has 0 saturated carbocycles. The van der Waals surface area contributed by atoms with Gasteiger partial charge in [-0.3, -0.25) is 0 Å². The van der Waals surface area contributed by atoms with Crippen molar-refractivity contribution in [2.24, 2.45) is 0 Å². The molecule has 0 aliphatic carbocycles. The van der Waals surface area contributed by atoms with Crippen LogP contribution in [0.1, 0.15) is 27.7 Å². The van der Waals surface area contributed by atoms with E-state index in [1.807, 2.05) is 25.1 Å². The number of rotatable bonds is 2. The molecule has 1 unspecified atom stereocenters. The first kappa shape index (κ1) is 16.5. The van der Waals surface area contributed by atoms with Crippen molar-refractivity contribution in [1.29, 1.82) is 0 Å². The lowest BCUT2D eigenvalue weighted by molar-refractivity contribution is 0.414. The van der Waals surface area contributed by atoms with Crippen molar-refractivity contribution >= 4 is 33.7 Å². The molecule has 0 fully saturated rings. The van der Waals surface area contributed by atoms with Crippen LogP contribution in [-0.2, 0) is 6.42 Å². The molecule has 136 valence electrons. The molecule has 1 aliphatic heterocycles. The molecule has 0 N–H and O–H groups in total. The van der Waals surface area contributed by atoms with E-state index in [9.17, 15) is 4.79 Å². The summed E-state index contributed by atoms with van der Waals surface area (Å²) in [5.74, 6) is 1.72. The molecular weight excluding hydrogens is 360 g/mol. The smallest absolute Gasteiger partial charge is 0.350 e. The molecule has 1 aliphatic rings. The zero-order valence-electron chi connectivity index (χ0n) is 15.3. The van der Waals surface area contributed by atoms with E-state index in [1.54, 1.807) is 18.9 Å². The maximum Gasteiger partial charge on any atom is 0.350 e. The number of fused-ring (bicyclic) bond motifs is 4. The molecule has 3 heterocycles. The number of hydrogen-bond donors (Lipinski definition) is 0. The highest BCUT2D eigenvalue weighted by molar-refractivity contribution is 7.99. The Labute approximate surface area is 160 Å². The summed E-state index contributed by atoms with van der Waals surface area (Å²) in [5, 5.41) is 2.28. The molecular formula is C22H18O4S. The van der Waals surface area contributed by atoms with E-state index < -0.39 is 0 Å². The van der Waals surface area contributed by atoms with Gasteiger partial charge < -0.3 is 13.6 Å². The number of ether oxygens (including phenoxy) is 1. The second kappa shape index (κ2) is 5.92. The Morgan fingerprint density at radius 2 is 1.78 bits per heavy atom. The van der Waals surface area contributed by atoms with Gasteiger partial charge in [0.2, 0.25) is 0 Å². The van der Waals surface area contributed by atoms with Crippen molar-refractivity contribution in [3.8, 4) is 5.75 Å². The Morgan fingerprint density at radius 1 is 1.04 bits per heavy atom. The normalized spacial score (nSPS) is 16.2. The minimum absolute atomic E-state index is 0.197. The second-order valence-electron chi connectivity index (χ2n) is 6.91. The number of furan rings is 1. The highest BCUT2D eigenvalue weighted by atomic mass is 32.2. The number of benzene rings is 2. The highest BCUT2D eigenvalue weighted by Gasteiger charge is 2.29. The van der Waals surface area contributed by atoms with Crippen LogP contribution in [0.3, 0.4) is 0 Å². The van der Waals surface area contributed by atoms with Crippen LogP contribution >= 0.6 is 11.8 Å². The zero-order chi connectivity index (χ0) is 18.7. The predicted molar refractivity (Wildman–Crippen MR) is 107 cm³/mol. The van der Waals surface area contributed by atoms with Gasteiger partial charge in [0.15, 0.2) is 0 Å². The molecule has 0 bridgehead atoms. The average molecular weight is 378 g/mol. The molecule has 5 heteroatoms. The zero-order valence-corrected chi connectivity index (χ0v) is 16.1. The van der Waals surface area contributed by atoms with Crippen molar-refractivity contribution in [1.82, 2.24) is 0 Å². The molecule has 4 nitrogen and oxygen atoms in total. The maximum absolute atomic E-state index is 12.6. The van der Waals surface area contributed by atoms with Crippen LogP contribution in [-0.4, -0.2) is 7.11 Å².